The molecule has 5 heteroatoms. The summed E-state index contributed by atoms with van der Waals surface area (Å²) in [6.07, 6.45) is 0. The minimum absolute atomic E-state index is 0.387. The van der Waals surface area contributed by atoms with Crippen LogP contribution < -0.4 is 10.1 Å². The molecule has 0 saturated carbocycles. The summed E-state index contributed by atoms with van der Waals surface area (Å²) < 4.78 is 11.7. The molecule has 1 aromatic heterocycles. The van der Waals surface area contributed by atoms with Crippen LogP contribution in [-0.4, -0.2) is 12.2 Å². The minimum atomic E-state index is 0.387. The first-order valence-corrected chi connectivity index (χ1v) is 6.04. The van der Waals surface area contributed by atoms with Gasteiger partial charge in [0.15, 0.2) is 5.76 Å². The van der Waals surface area contributed by atoms with Gasteiger partial charge in [-0.05, 0) is 31.3 Å². The maximum atomic E-state index is 5.56. The zero-order chi connectivity index (χ0) is 12.1. The molecule has 17 heavy (non-hydrogen) atoms. The normalized spacial score (nSPS) is 10.5. The third kappa shape index (κ3) is 3.57. The summed E-state index contributed by atoms with van der Waals surface area (Å²) >= 11 is 3.37. The van der Waals surface area contributed by atoms with E-state index >= 15 is 0 Å². The Morgan fingerprint density at radius 2 is 2.12 bits per heavy atom. The van der Waals surface area contributed by atoms with Crippen LogP contribution in [0, 0.1) is 0 Å². The number of halogens is 1. The third-order valence-corrected chi connectivity index (χ3v) is 2.69. The Hall–Kier alpha value is -1.33. The zero-order valence-corrected chi connectivity index (χ0v) is 11.0. The van der Waals surface area contributed by atoms with Gasteiger partial charge in [-0.1, -0.05) is 21.1 Å². The number of rotatable bonds is 5. The van der Waals surface area contributed by atoms with Crippen LogP contribution in [-0.2, 0) is 13.2 Å². The lowest BCUT2D eigenvalue weighted by Gasteiger charge is -2.02. The van der Waals surface area contributed by atoms with Crippen molar-refractivity contribution in [1.29, 1.82) is 0 Å². The van der Waals surface area contributed by atoms with Crippen LogP contribution in [0.15, 0.2) is 39.3 Å². The van der Waals surface area contributed by atoms with Crippen molar-refractivity contribution in [3.8, 4) is 5.75 Å². The molecule has 1 heterocycles. The molecule has 1 aromatic carbocycles. The average molecular weight is 297 g/mol. The van der Waals surface area contributed by atoms with Gasteiger partial charge in [-0.15, -0.1) is 0 Å². The molecular weight excluding hydrogens is 284 g/mol. The molecule has 0 aliphatic carbocycles. The molecule has 0 aliphatic heterocycles. The molecule has 2 aromatic rings. The predicted molar refractivity (Wildman–Crippen MR) is 67.7 cm³/mol. The lowest BCUT2D eigenvalue weighted by atomic mass is 10.3. The first-order chi connectivity index (χ1) is 8.28. The zero-order valence-electron chi connectivity index (χ0n) is 9.44. The Balaban J connectivity index is 1.90. The molecule has 0 fully saturated rings. The number of ether oxygens (including phenoxy) is 1. The molecule has 2 rings (SSSR count). The van der Waals surface area contributed by atoms with Crippen molar-refractivity contribution in [3.05, 3.63) is 46.3 Å². The van der Waals surface area contributed by atoms with E-state index < -0.39 is 0 Å². The summed E-state index contributed by atoms with van der Waals surface area (Å²) in [6.45, 7) is 1.08. The van der Waals surface area contributed by atoms with E-state index in [1.807, 2.05) is 37.4 Å². The van der Waals surface area contributed by atoms with Gasteiger partial charge in [0.05, 0.1) is 5.69 Å². The van der Waals surface area contributed by atoms with Crippen LogP contribution in [0.4, 0.5) is 0 Å². The summed E-state index contributed by atoms with van der Waals surface area (Å²) in [5, 5.41) is 6.92. The summed E-state index contributed by atoms with van der Waals surface area (Å²) in [5.74, 6) is 1.53. The molecule has 90 valence electrons. The monoisotopic (exact) mass is 296 g/mol. The van der Waals surface area contributed by atoms with E-state index in [0.717, 1.165) is 21.7 Å². The van der Waals surface area contributed by atoms with E-state index in [0.29, 0.717) is 13.2 Å². The molecule has 1 N–H and O–H groups in total. The second kappa shape index (κ2) is 5.84. The molecule has 0 unspecified atom stereocenters. The van der Waals surface area contributed by atoms with Crippen LogP contribution in [0.25, 0.3) is 0 Å². The highest BCUT2D eigenvalue weighted by molar-refractivity contribution is 9.10. The smallest absolute Gasteiger partial charge is 0.174 e. The minimum Gasteiger partial charge on any atom is -0.486 e. The number of hydrogen-bond donors (Lipinski definition) is 1. The largest absolute Gasteiger partial charge is 0.486 e. The molecule has 0 radical (unpaired) electrons. The molecule has 0 atom stereocenters. The predicted octanol–water partition coefficient (Wildman–Crippen LogP) is 2.74. The fourth-order valence-electron chi connectivity index (χ4n) is 1.37. The summed E-state index contributed by atoms with van der Waals surface area (Å²) in [4.78, 5) is 0. The highest BCUT2D eigenvalue weighted by Gasteiger charge is 2.04. The lowest BCUT2D eigenvalue weighted by Crippen LogP contribution is -2.04. The molecule has 0 aliphatic rings. The van der Waals surface area contributed by atoms with Crippen LogP contribution in [0.3, 0.4) is 0 Å². The number of nitrogens with zero attached hydrogens (tertiary/aromatic N) is 1. The average Bonchev–Trinajstić information content (AvgIpc) is 2.77. The highest BCUT2D eigenvalue weighted by atomic mass is 79.9. The Morgan fingerprint density at radius 3 is 2.82 bits per heavy atom. The number of benzene rings is 1. The van der Waals surface area contributed by atoms with Gasteiger partial charge in [-0.25, -0.2) is 0 Å². The van der Waals surface area contributed by atoms with Crippen LogP contribution in [0.5, 0.6) is 5.75 Å². The molecule has 0 saturated heterocycles. The standard InChI is InChI=1S/C12H13BrN2O2/c1-14-7-10-6-12(17-15-10)8-16-11-4-2-9(13)3-5-11/h2-6,14H,7-8H2,1H3. The number of nitrogens with one attached hydrogen (secondary N) is 1. The van der Waals surface area contributed by atoms with Gasteiger partial charge in [0.2, 0.25) is 0 Å². The van der Waals surface area contributed by atoms with E-state index in [2.05, 4.69) is 26.4 Å². The Bertz CT molecular complexity index is 468. The molecule has 0 spiro atoms. The Labute approximate surface area is 108 Å². The fourth-order valence-corrected chi connectivity index (χ4v) is 1.64. The first kappa shape index (κ1) is 12.1. The molecular formula is C12H13BrN2O2. The number of aromatic nitrogens is 1. The van der Waals surface area contributed by atoms with Crippen molar-refractivity contribution in [2.24, 2.45) is 0 Å². The Kier molecular flexibility index (Phi) is 4.17. The topological polar surface area (TPSA) is 47.3 Å². The molecule has 0 amide bonds. The maximum Gasteiger partial charge on any atom is 0.174 e. The van der Waals surface area contributed by atoms with E-state index in [4.69, 9.17) is 9.26 Å². The second-order valence-corrected chi connectivity index (χ2v) is 4.47. The van der Waals surface area contributed by atoms with Crippen LogP contribution in [0.2, 0.25) is 0 Å². The highest BCUT2D eigenvalue weighted by Crippen LogP contribution is 2.17. The number of hydrogen-bond acceptors (Lipinski definition) is 4. The van der Waals surface area contributed by atoms with Gasteiger partial charge in [0.1, 0.15) is 12.4 Å². The maximum absolute atomic E-state index is 5.56. The van der Waals surface area contributed by atoms with Crippen molar-refractivity contribution >= 4 is 15.9 Å². The summed E-state index contributed by atoms with van der Waals surface area (Å²) in [6, 6.07) is 9.55. The van der Waals surface area contributed by atoms with Gasteiger partial charge in [-0.2, -0.15) is 0 Å². The second-order valence-electron chi connectivity index (χ2n) is 3.56. The quantitative estimate of drug-likeness (QED) is 0.922. The fraction of sp³-hybridized carbons (Fsp3) is 0.250. The van der Waals surface area contributed by atoms with Crippen LogP contribution >= 0.6 is 15.9 Å². The third-order valence-electron chi connectivity index (χ3n) is 2.16. The summed E-state index contributed by atoms with van der Waals surface area (Å²) in [7, 11) is 1.87. The van der Waals surface area contributed by atoms with Crippen molar-refractivity contribution in [2.75, 3.05) is 7.05 Å². The first-order valence-electron chi connectivity index (χ1n) is 5.25. The molecule has 0 bridgehead atoms. The van der Waals surface area contributed by atoms with Crippen molar-refractivity contribution in [1.82, 2.24) is 10.5 Å². The van der Waals surface area contributed by atoms with E-state index in [-0.39, 0.29) is 0 Å². The van der Waals surface area contributed by atoms with Crippen LogP contribution in [0.1, 0.15) is 11.5 Å². The van der Waals surface area contributed by atoms with Gasteiger partial charge in [0, 0.05) is 17.1 Å². The SMILES string of the molecule is CNCc1cc(COc2ccc(Br)cc2)on1. The van der Waals surface area contributed by atoms with Gasteiger partial charge >= 0.3 is 0 Å². The van der Waals surface area contributed by atoms with Crippen molar-refractivity contribution in [3.63, 3.8) is 0 Å². The van der Waals surface area contributed by atoms with E-state index in [9.17, 15) is 0 Å². The van der Waals surface area contributed by atoms with Crippen molar-refractivity contribution < 1.29 is 9.26 Å². The van der Waals surface area contributed by atoms with Crippen molar-refractivity contribution in [2.45, 2.75) is 13.2 Å². The van der Waals surface area contributed by atoms with E-state index in [1.54, 1.807) is 0 Å². The van der Waals surface area contributed by atoms with Gasteiger partial charge in [-0.3, -0.25) is 0 Å². The van der Waals surface area contributed by atoms with Gasteiger partial charge < -0.3 is 14.6 Å². The summed E-state index contributed by atoms with van der Waals surface area (Å²) in [5.41, 5.74) is 0.877. The Morgan fingerprint density at radius 1 is 1.35 bits per heavy atom. The van der Waals surface area contributed by atoms with Gasteiger partial charge in [0.25, 0.3) is 0 Å². The molecule has 4 nitrogen and oxygen atoms in total. The van der Waals surface area contributed by atoms with E-state index in [1.165, 1.54) is 0 Å². The lowest BCUT2D eigenvalue weighted by molar-refractivity contribution is 0.248.